The molecule has 0 radical (unpaired) electrons. The van der Waals surface area contributed by atoms with E-state index in [1.807, 2.05) is 0 Å². The quantitative estimate of drug-likeness (QED) is 0.913. The molecule has 0 amide bonds. The Kier molecular flexibility index (Phi) is 4.32. The topological polar surface area (TPSA) is 81.4 Å². The molecule has 0 aliphatic rings. The molecule has 1 heterocycles. The summed E-state index contributed by atoms with van der Waals surface area (Å²) < 4.78 is 36.6. The highest BCUT2D eigenvalue weighted by Crippen LogP contribution is 2.30. The van der Waals surface area contributed by atoms with Crippen LogP contribution in [0.3, 0.4) is 0 Å². The van der Waals surface area contributed by atoms with Crippen LogP contribution in [0.25, 0.3) is 0 Å². The fraction of sp³-hybridized carbons (Fsp3) is 0.250. The molecule has 2 aromatic rings. The average Bonchev–Trinajstić information content (AvgIpc) is 2.92. The zero-order valence-corrected chi connectivity index (χ0v) is 12.5. The normalized spacial score (nSPS) is 11.6. The largest absolute Gasteiger partial charge is 0.495 e. The molecule has 0 saturated carbocycles. The molecule has 20 heavy (non-hydrogen) atoms. The highest BCUT2D eigenvalue weighted by atomic mass is 35.5. The second kappa shape index (κ2) is 5.82. The van der Waals surface area contributed by atoms with Crippen molar-refractivity contribution in [3.8, 4) is 5.75 Å². The summed E-state index contributed by atoms with van der Waals surface area (Å²) >= 11 is 5.97. The molecule has 1 aromatic carbocycles. The van der Waals surface area contributed by atoms with Crippen LogP contribution in [0.4, 0.5) is 0 Å². The van der Waals surface area contributed by atoms with E-state index in [2.05, 4.69) is 14.4 Å². The minimum Gasteiger partial charge on any atom is -0.495 e. The van der Waals surface area contributed by atoms with Crippen LogP contribution < -0.4 is 9.46 Å². The van der Waals surface area contributed by atoms with E-state index in [-0.39, 0.29) is 16.5 Å². The lowest BCUT2D eigenvalue weighted by Crippen LogP contribution is -2.23. The monoisotopic (exact) mass is 316 g/mol. The van der Waals surface area contributed by atoms with Gasteiger partial charge in [0.1, 0.15) is 12.0 Å². The Bertz CT molecular complexity index is 698. The van der Waals surface area contributed by atoms with E-state index in [4.69, 9.17) is 16.3 Å². The molecule has 0 saturated heterocycles. The second-order valence-corrected chi connectivity index (χ2v) is 6.25. The van der Waals surface area contributed by atoms with Crippen molar-refractivity contribution in [3.63, 3.8) is 0 Å². The minimum atomic E-state index is -3.67. The van der Waals surface area contributed by atoms with Crippen LogP contribution in [-0.4, -0.2) is 20.7 Å². The maximum Gasteiger partial charge on any atom is 0.241 e. The van der Waals surface area contributed by atoms with Gasteiger partial charge in [0.25, 0.3) is 0 Å². The molecule has 1 aromatic heterocycles. The lowest BCUT2D eigenvalue weighted by molar-refractivity contribution is 0.414. The molecule has 2 rings (SSSR count). The molecule has 0 spiro atoms. The molecule has 8 heteroatoms. The van der Waals surface area contributed by atoms with Gasteiger partial charge >= 0.3 is 0 Å². The molecule has 0 aliphatic carbocycles. The number of nitrogens with zero attached hydrogens (tertiary/aromatic N) is 1. The third-order valence-electron chi connectivity index (χ3n) is 2.69. The van der Waals surface area contributed by atoms with Gasteiger partial charge in [-0.1, -0.05) is 16.8 Å². The maximum atomic E-state index is 12.2. The summed E-state index contributed by atoms with van der Waals surface area (Å²) in [7, 11) is -2.20. The zero-order valence-electron chi connectivity index (χ0n) is 10.9. The Morgan fingerprint density at radius 3 is 2.80 bits per heavy atom. The summed E-state index contributed by atoms with van der Waals surface area (Å²) in [5.41, 5.74) is 1.18. The van der Waals surface area contributed by atoms with Gasteiger partial charge in [-0.15, -0.1) is 0 Å². The number of aromatic nitrogens is 1. The van der Waals surface area contributed by atoms with Gasteiger partial charge in [-0.2, -0.15) is 0 Å². The van der Waals surface area contributed by atoms with Crippen LogP contribution in [0.5, 0.6) is 5.75 Å². The highest BCUT2D eigenvalue weighted by Gasteiger charge is 2.19. The van der Waals surface area contributed by atoms with E-state index >= 15 is 0 Å². The highest BCUT2D eigenvalue weighted by molar-refractivity contribution is 7.89. The van der Waals surface area contributed by atoms with Gasteiger partial charge < -0.3 is 9.26 Å². The summed E-state index contributed by atoms with van der Waals surface area (Å²) in [6, 6.07) is 2.95. The fourth-order valence-corrected chi connectivity index (χ4v) is 3.23. The summed E-state index contributed by atoms with van der Waals surface area (Å²) in [5.74, 6) is 0.433. The molecule has 1 N–H and O–H groups in total. The van der Waals surface area contributed by atoms with E-state index < -0.39 is 10.0 Å². The van der Waals surface area contributed by atoms with Crippen molar-refractivity contribution in [2.24, 2.45) is 0 Å². The van der Waals surface area contributed by atoms with Crippen LogP contribution in [0.2, 0.25) is 5.02 Å². The fourth-order valence-electron chi connectivity index (χ4n) is 1.65. The van der Waals surface area contributed by atoms with Gasteiger partial charge in [-0.25, -0.2) is 13.1 Å². The third-order valence-corrected chi connectivity index (χ3v) is 4.53. The Morgan fingerprint density at radius 2 is 2.20 bits per heavy atom. The molecule has 0 unspecified atom stereocenters. The summed E-state index contributed by atoms with van der Waals surface area (Å²) in [6.45, 7) is 1.77. The number of hydrogen-bond donors (Lipinski definition) is 1. The average molecular weight is 317 g/mol. The van der Waals surface area contributed by atoms with Crippen molar-refractivity contribution in [3.05, 3.63) is 40.7 Å². The number of aryl methyl sites for hydroxylation is 1. The lowest BCUT2D eigenvalue weighted by atomic mass is 10.2. The Balaban J connectivity index is 2.27. The number of halogens is 1. The third kappa shape index (κ3) is 3.12. The first-order valence-electron chi connectivity index (χ1n) is 5.66. The van der Waals surface area contributed by atoms with Crippen molar-refractivity contribution in [1.29, 1.82) is 0 Å². The van der Waals surface area contributed by atoms with Crippen LogP contribution in [-0.2, 0) is 16.6 Å². The van der Waals surface area contributed by atoms with Gasteiger partial charge in [-0.3, -0.25) is 0 Å². The number of benzene rings is 1. The van der Waals surface area contributed by atoms with Crippen LogP contribution in [0.15, 0.2) is 34.0 Å². The van der Waals surface area contributed by atoms with E-state index in [0.29, 0.717) is 16.9 Å². The second-order valence-electron chi connectivity index (χ2n) is 4.11. The first kappa shape index (κ1) is 14.8. The van der Waals surface area contributed by atoms with Gasteiger partial charge in [0, 0.05) is 12.1 Å². The van der Waals surface area contributed by atoms with Gasteiger partial charge in [-0.05, 0) is 24.6 Å². The summed E-state index contributed by atoms with van der Waals surface area (Å²) in [4.78, 5) is 0.111. The number of methoxy groups -OCH3 is 1. The number of sulfonamides is 1. The number of nitrogens with one attached hydrogen (secondary N) is 1. The van der Waals surface area contributed by atoms with E-state index in [1.54, 1.807) is 13.0 Å². The Morgan fingerprint density at radius 1 is 1.45 bits per heavy atom. The Labute approximate surface area is 121 Å². The van der Waals surface area contributed by atoms with Crippen LogP contribution in [0.1, 0.15) is 11.1 Å². The van der Waals surface area contributed by atoms with Crippen molar-refractivity contribution in [1.82, 2.24) is 9.88 Å². The summed E-state index contributed by atoms with van der Waals surface area (Å²) in [5, 5.41) is 3.74. The number of ether oxygens (including phenoxy) is 1. The molecule has 0 fully saturated rings. The maximum absolute atomic E-state index is 12.2. The first-order valence-corrected chi connectivity index (χ1v) is 7.52. The van der Waals surface area contributed by atoms with Gasteiger partial charge in [0.15, 0.2) is 0 Å². The van der Waals surface area contributed by atoms with Crippen molar-refractivity contribution in [2.75, 3.05) is 7.11 Å². The Hall–Kier alpha value is -1.57. The van der Waals surface area contributed by atoms with Crippen molar-refractivity contribution in [2.45, 2.75) is 18.4 Å². The molecule has 0 bridgehead atoms. The molecular weight excluding hydrogens is 304 g/mol. The van der Waals surface area contributed by atoms with E-state index in [9.17, 15) is 8.42 Å². The molecular formula is C12H13ClN2O4S. The molecule has 0 aliphatic heterocycles. The smallest absolute Gasteiger partial charge is 0.241 e. The number of hydrogen-bond acceptors (Lipinski definition) is 5. The van der Waals surface area contributed by atoms with E-state index in [0.717, 1.165) is 0 Å². The molecule has 6 nitrogen and oxygen atoms in total. The predicted molar refractivity (Wildman–Crippen MR) is 73.3 cm³/mol. The summed E-state index contributed by atoms with van der Waals surface area (Å²) in [6.07, 6.45) is 2.81. The molecule has 0 atom stereocenters. The lowest BCUT2D eigenvalue weighted by Gasteiger charge is -2.11. The van der Waals surface area contributed by atoms with Gasteiger partial charge in [0.05, 0.1) is 23.2 Å². The number of rotatable bonds is 5. The van der Waals surface area contributed by atoms with Crippen molar-refractivity contribution >= 4 is 21.6 Å². The van der Waals surface area contributed by atoms with Gasteiger partial charge in [0.2, 0.25) is 10.0 Å². The van der Waals surface area contributed by atoms with Crippen molar-refractivity contribution < 1.29 is 17.7 Å². The minimum absolute atomic E-state index is 0.0922. The van der Waals surface area contributed by atoms with E-state index in [1.165, 1.54) is 25.6 Å². The zero-order chi connectivity index (χ0) is 14.8. The van der Waals surface area contributed by atoms with Crippen LogP contribution >= 0.6 is 11.6 Å². The molecule has 108 valence electrons. The van der Waals surface area contributed by atoms with Crippen LogP contribution in [0, 0.1) is 6.92 Å². The standard InChI is InChI=1S/C12H13ClN2O4S/c1-8-3-11(18-2)10(13)4-12(8)20(16,17)15-6-9-5-14-19-7-9/h3-5,7,15H,6H2,1-2H3. The predicted octanol–water partition coefficient (Wildman–Crippen LogP) is 2.12. The SMILES string of the molecule is COc1cc(C)c(S(=O)(=O)NCc2cnoc2)cc1Cl. The first-order chi connectivity index (χ1) is 9.44.